The van der Waals surface area contributed by atoms with Crippen molar-refractivity contribution in [1.29, 1.82) is 0 Å². The van der Waals surface area contributed by atoms with Crippen molar-refractivity contribution in [3.63, 3.8) is 0 Å². The smallest absolute Gasteiger partial charge is 0.333 e. The van der Waals surface area contributed by atoms with Crippen molar-refractivity contribution in [3.05, 3.63) is 12.7 Å². The molecule has 74 valence electrons. The lowest BCUT2D eigenvalue weighted by molar-refractivity contribution is -1.04. The number of halogens is 1. The SMILES string of the molecule is C=CC(=O)O[N+](C)(C)C.CN.Cl. The second-order valence-corrected chi connectivity index (χ2v) is 2.50. The Balaban J connectivity index is -0.000000249. The average molecular weight is 198 g/mol. The molecule has 0 radical (unpaired) electrons. The Hall–Kier alpha value is -0.580. The summed E-state index contributed by atoms with van der Waals surface area (Å²) in [6, 6.07) is 0. The van der Waals surface area contributed by atoms with Gasteiger partial charge in [0.2, 0.25) is 0 Å². The van der Waals surface area contributed by atoms with Crippen molar-refractivity contribution in [2.45, 2.75) is 0 Å². The summed E-state index contributed by atoms with van der Waals surface area (Å²) in [6.07, 6.45) is 1.14. The van der Waals surface area contributed by atoms with Crippen LogP contribution in [0.1, 0.15) is 0 Å². The zero-order valence-corrected chi connectivity index (χ0v) is 8.85. The van der Waals surface area contributed by atoms with E-state index in [1.807, 2.05) is 0 Å². The third-order valence-corrected chi connectivity index (χ3v) is 0.531. The highest BCUT2D eigenvalue weighted by molar-refractivity contribution is 5.85. The Morgan fingerprint density at radius 1 is 1.42 bits per heavy atom. The van der Waals surface area contributed by atoms with E-state index in [0.29, 0.717) is 0 Å². The van der Waals surface area contributed by atoms with Gasteiger partial charge in [-0.25, -0.2) is 4.79 Å². The summed E-state index contributed by atoms with van der Waals surface area (Å²) in [5, 5.41) is 0. The largest absolute Gasteiger partial charge is 0.389 e. The molecule has 0 fully saturated rings. The Labute approximate surface area is 79.9 Å². The van der Waals surface area contributed by atoms with Crippen LogP contribution in [0, 0.1) is 0 Å². The summed E-state index contributed by atoms with van der Waals surface area (Å²) < 4.78 is 0.171. The zero-order valence-electron chi connectivity index (χ0n) is 8.03. The second kappa shape index (κ2) is 8.52. The topological polar surface area (TPSA) is 52.3 Å². The van der Waals surface area contributed by atoms with Crippen molar-refractivity contribution in [3.8, 4) is 0 Å². The standard InChI is InChI=1S/C6H12NO2.CH5N.ClH/c1-5-6(8)9-7(2,3)4;1-2;/h5H,1H2,2-4H3;2H2,1H3;1H/q+1;;. The van der Waals surface area contributed by atoms with E-state index >= 15 is 0 Å². The summed E-state index contributed by atoms with van der Waals surface area (Å²) in [5.74, 6) is -0.400. The van der Waals surface area contributed by atoms with Crippen LogP contribution in [0.5, 0.6) is 0 Å². The summed E-state index contributed by atoms with van der Waals surface area (Å²) in [7, 11) is 6.75. The fraction of sp³-hybridized carbons (Fsp3) is 0.571. The summed E-state index contributed by atoms with van der Waals surface area (Å²) in [4.78, 5) is 15.2. The number of carbonyl (C=O) groups is 1. The van der Waals surface area contributed by atoms with Crippen LogP contribution < -0.4 is 5.73 Å². The van der Waals surface area contributed by atoms with Gasteiger partial charge in [-0.05, 0) is 7.05 Å². The fourth-order valence-corrected chi connectivity index (χ4v) is 0.307. The van der Waals surface area contributed by atoms with Crippen LogP contribution in [-0.4, -0.2) is 38.8 Å². The molecule has 0 aromatic heterocycles. The maximum atomic E-state index is 10.5. The van der Waals surface area contributed by atoms with E-state index in [1.165, 1.54) is 7.05 Å². The van der Waals surface area contributed by atoms with Crippen molar-refractivity contribution in [1.82, 2.24) is 0 Å². The minimum Gasteiger partial charge on any atom is -0.333 e. The van der Waals surface area contributed by atoms with Gasteiger partial charge in [-0.1, -0.05) is 6.58 Å². The molecule has 0 bridgehead atoms. The van der Waals surface area contributed by atoms with Crippen LogP contribution in [-0.2, 0) is 9.63 Å². The van der Waals surface area contributed by atoms with Gasteiger partial charge in [0.1, 0.15) is 21.1 Å². The third kappa shape index (κ3) is 16.2. The first-order chi connectivity index (χ1) is 4.95. The Morgan fingerprint density at radius 3 is 1.83 bits per heavy atom. The average Bonchev–Trinajstić information content (AvgIpc) is 1.89. The molecule has 2 N–H and O–H groups in total. The minimum atomic E-state index is -0.400. The molecule has 0 aromatic carbocycles. The number of nitrogens with two attached hydrogens (primary N) is 1. The van der Waals surface area contributed by atoms with Crippen LogP contribution in [0.4, 0.5) is 0 Å². The van der Waals surface area contributed by atoms with Gasteiger partial charge in [0, 0.05) is 6.08 Å². The summed E-state index contributed by atoms with van der Waals surface area (Å²) in [6.45, 7) is 3.26. The molecule has 0 rings (SSSR count). The summed E-state index contributed by atoms with van der Waals surface area (Å²) >= 11 is 0. The number of hydrogen-bond acceptors (Lipinski definition) is 3. The fourth-order valence-electron chi connectivity index (χ4n) is 0.307. The molecule has 0 saturated carbocycles. The molecule has 0 saturated heterocycles. The Morgan fingerprint density at radius 2 is 1.75 bits per heavy atom. The third-order valence-electron chi connectivity index (χ3n) is 0.531. The molecule has 0 aliphatic carbocycles. The molecule has 0 aliphatic rings. The van der Waals surface area contributed by atoms with Crippen molar-refractivity contribution in [2.24, 2.45) is 5.73 Å². The second-order valence-electron chi connectivity index (χ2n) is 2.50. The van der Waals surface area contributed by atoms with E-state index in [-0.39, 0.29) is 17.1 Å². The maximum Gasteiger partial charge on any atom is 0.389 e. The van der Waals surface area contributed by atoms with E-state index in [9.17, 15) is 4.79 Å². The molecular weight excluding hydrogens is 180 g/mol. The molecule has 0 amide bonds. The highest BCUT2D eigenvalue weighted by atomic mass is 35.5. The lowest BCUT2D eigenvalue weighted by atomic mass is 10.7. The van der Waals surface area contributed by atoms with Gasteiger partial charge < -0.3 is 5.73 Å². The number of rotatable bonds is 2. The van der Waals surface area contributed by atoms with E-state index in [0.717, 1.165) is 6.08 Å². The lowest BCUT2D eigenvalue weighted by Gasteiger charge is -2.18. The zero-order chi connectivity index (χ0) is 9.49. The molecule has 4 nitrogen and oxygen atoms in total. The predicted molar refractivity (Wildman–Crippen MR) is 51.7 cm³/mol. The minimum absolute atomic E-state index is 0. The van der Waals surface area contributed by atoms with Crippen molar-refractivity contribution < 1.29 is 14.3 Å². The van der Waals surface area contributed by atoms with Crippen LogP contribution in [0.15, 0.2) is 12.7 Å². The molecule has 0 heterocycles. The first-order valence-electron chi connectivity index (χ1n) is 3.21. The predicted octanol–water partition coefficient (Wildman–Crippen LogP) is 0.334. The number of nitrogens with zero attached hydrogens (tertiary/aromatic N) is 1. The van der Waals surface area contributed by atoms with Gasteiger partial charge in [0.25, 0.3) is 0 Å². The maximum absolute atomic E-state index is 10.5. The molecular formula is C7H18ClN2O2+. The van der Waals surface area contributed by atoms with Gasteiger partial charge in [0.05, 0.1) is 0 Å². The molecule has 5 heteroatoms. The molecule has 0 unspecified atom stereocenters. The van der Waals surface area contributed by atoms with E-state index in [1.54, 1.807) is 21.1 Å². The van der Waals surface area contributed by atoms with Gasteiger partial charge in [-0.3, -0.25) is 4.84 Å². The van der Waals surface area contributed by atoms with E-state index in [4.69, 9.17) is 4.84 Å². The molecule has 0 aromatic rings. The molecule has 0 spiro atoms. The highest BCUT2D eigenvalue weighted by Crippen LogP contribution is 1.92. The quantitative estimate of drug-likeness (QED) is 0.395. The van der Waals surface area contributed by atoms with Crippen LogP contribution in [0.25, 0.3) is 0 Å². The number of hydrogen-bond donors (Lipinski definition) is 1. The Kier molecular flexibility index (Phi) is 12.4. The number of quaternary nitrogens is 1. The van der Waals surface area contributed by atoms with Crippen molar-refractivity contribution in [2.75, 3.05) is 28.2 Å². The van der Waals surface area contributed by atoms with E-state index < -0.39 is 5.97 Å². The molecule has 0 aliphatic heterocycles. The normalized spacial score (nSPS) is 8.42. The van der Waals surface area contributed by atoms with Crippen molar-refractivity contribution >= 4 is 18.4 Å². The van der Waals surface area contributed by atoms with Gasteiger partial charge >= 0.3 is 5.97 Å². The molecule has 0 atom stereocenters. The first-order valence-corrected chi connectivity index (χ1v) is 3.21. The summed E-state index contributed by atoms with van der Waals surface area (Å²) in [5.41, 5.74) is 4.50. The Bertz CT molecular complexity index is 132. The van der Waals surface area contributed by atoms with Crippen LogP contribution in [0.3, 0.4) is 0 Å². The number of hydroxylamine groups is 3. The monoisotopic (exact) mass is 197 g/mol. The van der Waals surface area contributed by atoms with Gasteiger partial charge in [0.15, 0.2) is 0 Å². The molecule has 12 heavy (non-hydrogen) atoms. The first kappa shape index (κ1) is 17.5. The lowest BCUT2D eigenvalue weighted by Crippen LogP contribution is -2.36. The van der Waals surface area contributed by atoms with Gasteiger partial charge in [-0.2, -0.15) is 0 Å². The van der Waals surface area contributed by atoms with E-state index in [2.05, 4.69) is 12.3 Å². The van der Waals surface area contributed by atoms with Gasteiger partial charge in [-0.15, -0.1) is 17.1 Å². The van der Waals surface area contributed by atoms with Crippen LogP contribution >= 0.6 is 12.4 Å². The number of carbonyl (C=O) groups excluding carboxylic acids is 1. The van der Waals surface area contributed by atoms with Crippen LogP contribution in [0.2, 0.25) is 0 Å². The highest BCUT2D eigenvalue weighted by Gasteiger charge is 2.11.